The van der Waals surface area contributed by atoms with E-state index in [0.717, 1.165) is 5.56 Å². The van der Waals surface area contributed by atoms with Gasteiger partial charge >= 0.3 is 0 Å². The molecule has 0 aliphatic carbocycles. The van der Waals surface area contributed by atoms with Gasteiger partial charge in [0.1, 0.15) is 17.2 Å². The van der Waals surface area contributed by atoms with Gasteiger partial charge in [0.15, 0.2) is 5.41 Å². The molecule has 0 amide bonds. The van der Waals surface area contributed by atoms with Crippen LogP contribution in [0.1, 0.15) is 19.4 Å². The van der Waals surface area contributed by atoms with E-state index in [9.17, 15) is 10.5 Å². The van der Waals surface area contributed by atoms with Crippen LogP contribution in [0.25, 0.3) is 0 Å². The second-order valence-corrected chi connectivity index (χ2v) is 4.69. The molecule has 1 unspecified atom stereocenters. The van der Waals surface area contributed by atoms with E-state index >= 15 is 0 Å². The molecule has 4 nitrogen and oxygen atoms in total. The third-order valence-electron chi connectivity index (χ3n) is 3.38. The maximum Gasteiger partial charge on any atom is 0.200 e. The van der Waals surface area contributed by atoms with E-state index in [0.29, 0.717) is 0 Å². The topological polar surface area (TPSA) is 82.8 Å². The molecule has 0 saturated carbocycles. The van der Waals surface area contributed by atoms with Crippen molar-refractivity contribution in [3.05, 3.63) is 47.4 Å². The molecule has 18 heavy (non-hydrogen) atoms. The van der Waals surface area contributed by atoms with Crippen molar-refractivity contribution in [3.63, 3.8) is 0 Å². The molecule has 1 aromatic rings. The van der Waals surface area contributed by atoms with Gasteiger partial charge in [0.25, 0.3) is 0 Å². The first kappa shape index (κ1) is 12.0. The Morgan fingerprint density at radius 1 is 1.17 bits per heavy atom. The third kappa shape index (κ3) is 1.30. The molecular weight excluding hydrogens is 226 g/mol. The lowest BCUT2D eigenvalue weighted by Gasteiger charge is -2.34. The molecule has 90 valence electrons. The van der Waals surface area contributed by atoms with E-state index in [1.54, 1.807) is 13.8 Å². The molecular formula is C14H13N3O. The van der Waals surface area contributed by atoms with Gasteiger partial charge in [0, 0.05) is 0 Å². The molecule has 1 heterocycles. The minimum absolute atomic E-state index is 0.0351. The van der Waals surface area contributed by atoms with E-state index in [4.69, 9.17) is 10.5 Å². The summed E-state index contributed by atoms with van der Waals surface area (Å²) in [7, 11) is 0. The highest BCUT2D eigenvalue weighted by atomic mass is 16.5. The lowest BCUT2D eigenvalue weighted by atomic mass is 9.66. The zero-order valence-electron chi connectivity index (χ0n) is 10.3. The van der Waals surface area contributed by atoms with Crippen LogP contribution in [0.2, 0.25) is 0 Å². The maximum atomic E-state index is 9.65. The van der Waals surface area contributed by atoms with Gasteiger partial charge in [-0.2, -0.15) is 10.5 Å². The number of hydrogen-bond acceptors (Lipinski definition) is 4. The van der Waals surface area contributed by atoms with Crippen molar-refractivity contribution in [1.29, 1.82) is 10.5 Å². The standard InChI is InChI=1S/C14H13N3O/c1-13(2)14(9-16,10-6-4-3-5-7-10)11(8-15)12(17)18-13/h3-7H,17H2,1-2H3. The summed E-state index contributed by atoms with van der Waals surface area (Å²) in [4.78, 5) is 0. The van der Waals surface area contributed by atoms with Crippen LogP contribution >= 0.6 is 0 Å². The first-order valence-electron chi connectivity index (χ1n) is 5.55. The molecule has 0 fully saturated rings. The lowest BCUT2D eigenvalue weighted by molar-refractivity contribution is 0.0272. The Bertz CT molecular complexity index is 590. The van der Waals surface area contributed by atoms with Crippen LogP contribution in [0.4, 0.5) is 0 Å². The van der Waals surface area contributed by atoms with Gasteiger partial charge in [-0.15, -0.1) is 0 Å². The van der Waals surface area contributed by atoms with Crippen molar-refractivity contribution in [2.75, 3.05) is 0 Å². The Labute approximate surface area is 106 Å². The van der Waals surface area contributed by atoms with Crippen molar-refractivity contribution >= 4 is 0 Å². The first-order chi connectivity index (χ1) is 8.49. The van der Waals surface area contributed by atoms with Crippen LogP contribution < -0.4 is 5.73 Å². The Morgan fingerprint density at radius 3 is 2.28 bits per heavy atom. The number of nitriles is 2. The highest BCUT2D eigenvalue weighted by molar-refractivity contribution is 5.56. The molecule has 1 atom stereocenters. The summed E-state index contributed by atoms with van der Waals surface area (Å²) in [5, 5.41) is 18.9. The molecule has 2 rings (SSSR count). The van der Waals surface area contributed by atoms with Crippen molar-refractivity contribution < 1.29 is 4.74 Å². The fourth-order valence-corrected chi connectivity index (χ4v) is 2.46. The zero-order valence-corrected chi connectivity index (χ0v) is 10.3. The van der Waals surface area contributed by atoms with Crippen molar-refractivity contribution in [1.82, 2.24) is 0 Å². The summed E-state index contributed by atoms with van der Waals surface area (Å²) in [5.74, 6) is 0.0351. The summed E-state index contributed by atoms with van der Waals surface area (Å²) in [6, 6.07) is 13.4. The van der Waals surface area contributed by atoms with Gasteiger partial charge in [-0.25, -0.2) is 0 Å². The van der Waals surface area contributed by atoms with E-state index in [1.165, 1.54) is 0 Å². The molecule has 4 heteroatoms. The Kier molecular flexibility index (Phi) is 2.52. The van der Waals surface area contributed by atoms with Crippen molar-refractivity contribution in [2.45, 2.75) is 24.9 Å². The average Bonchev–Trinajstić information content (AvgIpc) is 2.55. The number of rotatable bonds is 1. The van der Waals surface area contributed by atoms with Crippen LogP contribution in [-0.4, -0.2) is 5.60 Å². The van der Waals surface area contributed by atoms with Gasteiger partial charge in [0.2, 0.25) is 5.88 Å². The fourth-order valence-electron chi connectivity index (χ4n) is 2.46. The van der Waals surface area contributed by atoms with Gasteiger partial charge in [-0.1, -0.05) is 30.3 Å². The van der Waals surface area contributed by atoms with Gasteiger partial charge in [-0.3, -0.25) is 0 Å². The quantitative estimate of drug-likeness (QED) is 0.811. The van der Waals surface area contributed by atoms with E-state index in [1.807, 2.05) is 36.4 Å². The highest BCUT2D eigenvalue weighted by Crippen LogP contribution is 2.49. The van der Waals surface area contributed by atoms with Crippen LogP contribution in [0.15, 0.2) is 41.8 Å². The van der Waals surface area contributed by atoms with Gasteiger partial charge < -0.3 is 10.5 Å². The minimum Gasteiger partial charge on any atom is -0.470 e. The maximum absolute atomic E-state index is 9.65. The smallest absolute Gasteiger partial charge is 0.200 e. The molecule has 1 aliphatic rings. The van der Waals surface area contributed by atoms with E-state index in [-0.39, 0.29) is 11.5 Å². The molecule has 0 radical (unpaired) electrons. The average molecular weight is 239 g/mol. The molecule has 0 saturated heterocycles. The Balaban J connectivity index is 2.77. The first-order valence-corrected chi connectivity index (χ1v) is 5.55. The predicted octanol–water partition coefficient (Wildman–Crippen LogP) is 1.95. The number of hydrogen-bond donors (Lipinski definition) is 1. The SMILES string of the molecule is CC1(C)OC(N)=C(C#N)C1(C#N)c1ccccc1. The van der Waals surface area contributed by atoms with Crippen LogP contribution in [0, 0.1) is 22.7 Å². The van der Waals surface area contributed by atoms with E-state index in [2.05, 4.69) is 6.07 Å². The highest BCUT2D eigenvalue weighted by Gasteiger charge is 2.58. The second kappa shape index (κ2) is 3.78. The van der Waals surface area contributed by atoms with Gasteiger partial charge in [-0.05, 0) is 19.4 Å². The number of ether oxygens (including phenoxy) is 1. The number of nitrogens with two attached hydrogens (primary N) is 1. The van der Waals surface area contributed by atoms with Crippen LogP contribution in [-0.2, 0) is 10.2 Å². The zero-order chi connectivity index (χ0) is 13.4. The Hall–Kier alpha value is -2.46. The summed E-state index contributed by atoms with van der Waals surface area (Å²) in [6.07, 6.45) is 0. The molecule has 1 aromatic carbocycles. The number of nitrogens with zero attached hydrogens (tertiary/aromatic N) is 2. The van der Waals surface area contributed by atoms with Crippen molar-refractivity contribution in [2.24, 2.45) is 5.73 Å². The largest absolute Gasteiger partial charge is 0.470 e. The normalized spacial score (nSPS) is 25.1. The molecule has 0 spiro atoms. The van der Waals surface area contributed by atoms with E-state index < -0.39 is 11.0 Å². The molecule has 1 aliphatic heterocycles. The van der Waals surface area contributed by atoms with Gasteiger partial charge in [0.05, 0.1) is 6.07 Å². The summed E-state index contributed by atoms with van der Waals surface area (Å²) < 4.78 is 5.53. The van der Waals surface area contributed by atoms with Crippen molar-refractivity contribution in [3.8, 4) is 12.1 Å². The monoisotopic (exact) mass is 239 g/mol. The van der Waals surface area contributed by atoms with Crippen LogP contribution in [0.3, 0.4) is 0 Å². The Morgan fingerprint density at radius 2 is 1.78 bits per heavy atom. The second-order valence-electron chi connectivity index (χ2n) is 4.69. The summed E-state index contributed by atoms with van der Waals surface area (Å²) in [5.41, 5.74) is 4.60. The predicted molar refractivity (Wildman–Crippen MR) is 65.7 cm³/mol. The third-order valence-corrected chi connectivity index (χ3v) is 3.38. The number of benzene rings is 1. The molecule has 2 N–H and O–H groups in total. The van der Waals surface area contributed by atoms with Crippen LogP contribution in [0.5, 0.6) is 0 Å². The summed E-state index contributed by atoms with van der Waals surface area (Å²) >= 11 is 0. The molecule has 0 aromatic heterocycles. The fraction of sp³-hybridized carbons (Fsp3) is 0.286. The lowest BCUT2D eigenvalue weighted by Crippen LogP contribution is -2.45. The summed E-state index contributed by atoms with van der Waals surface area (Å²) in [6.45, 7) is 3.53. The molecule has 0 bridgehead atoms. The minimum atomic E-state index is -1.16.